The Kier molecular flexibility index (Phi) is 3.54. The monoisotopic (exact) mass is 325 g/mol. The number of nitrogens with one attached hydrogen (secondary N) is 1. The van der Waals surface area contributed by atoms with Gasteiger partial charge in [-0.2, -0.15) is 5.10 Å². The molecule has 0 spiro atoms. The minimum atomic E-state index is -0.510. The Hall–Kier alpha value is -1.56. The van der Waals surface area contributed by atoms with Crippen LogP contribution in [0.2, 0.25) is 0 Å². The molecular formula is C13H16BrN3O2. The lowest BCUT2D eigenvalue weighted by Gasteiger charge is -2.19. The number of nitrogens with zero attached hydrogens (tertiary/aromatic N) is 2. The van der Waals surface area contributed by atoms with E-state index in [0.717, 1.165) is 15.5 Å². The minimum absolute atomic E-state index is 0.465. The van der Waals surface area contributed by atoms with Crippen LogP contribution in [0, 0.1) is 0 Å². The molecule has 1 aromatic carbocycles. The lowest BCUT2D eigenvalue weighted by Crippen LogP contribution is -2.27. The van der Waals surface area contributed by atoms with Gasteiger partial charge in [0, 0.05) is 18.1 Å². The molecule has 2 aromatic rings. The third-order valence-corrected chi connectivity index (χ3v) is 3.04. The number of amides is 1. The van der Waals surface area contributed by atoms with Crippen molar-refractivity contribution in [2.24, 2.45) is 7.05 Å². The van der Waals surface area contributed by atoms with Gasteiger partial charge in [-0.3, -0.25) is 10.00 Å². The van der Waals surface area contributed by atoms with Crippen LogP contribution in [0.3, 0.4) is 0 Å². The van der Waals surface area contributed by atoms with E-state index in [4.69, 9.17) is 4.74 Å². The smallest absolute Gasteiger partial charge is 0.412 e. The highest BCUT2D eigenvalue weighted by Gasteiger charge is 2.16. The van der Waals surface area contributed by atoms with Crippen molar-refractivity contribution in [1.82, 2.24) is 9.78 Å². The van der Waals surface area contributed by atoms with Crippen LogP contribution >= 0.6 is 15.9 Å². The van der Waals surface area contributed by atoms with Gasteiger partial charge >= 0.3 is 6.09 Å². The summed E-state index contributed by atoms with van der Waals surface area (Å²) in [6, 6.07) is 5.58. The predicted octanol–water partition coefficient (Wildman–Crippen LogP) is 3.68. The SMILES string of the molecule is Cn1nc(Br)c2ccc(NC(=O)OC(C)(C)C)cc21. The maximum Gasteiger partial charge on any atom is 0.412 e. The first-order valence-corrected chi connectivity index (χ1v) is 6.68. The van der Waals surface area contributed by atoms with E-state index in [1.165, 1.54) is 0 Å². The third kappa shape index (κ3) is 3.26. The number of fused-ring (bicyclic) bond motifs is 1. The van der Waals surface area contributed by atoms with E-state index in [2.05, 4.69) is 26.3 Å². The van der Waals surface area contributed by atoms with Crippen molar-refractivity contribution >= 4 is 38.6 Å². The Morgan fingerprint density at radius 2 is 2.11 bits per heavy atom. The van der Waals surface area contributed by atoms with Crippen LogP contribution in [0.5, 0.6) is 0 Å². The van der Waals surface area contributed by atoms with Crippen LogP contribution < -0.4 is 5.32 Å². The van der Waals surface area contributed by atoms with E-state index in [9.17, 15) is 4.79 Å². The van der Waals surface area contributed by atoms with Crippen molar-refractivity contribution in [3.8, 4) is 0 Å². The van der Waals surface area contributed by atoms with E-state index in [1.54, 1.807) is 4.68 Å². The lowest BCUT2D eigenvalue weighted by atomic mass is 10.2. The fraction of sp³-hybridized carbons (Fsp3) is 0.385. The summed E-state index contributed by atoms with van der Waals surface area (Å²) in [5.74, 6) is 0. The van der Waals surface area contributed by atoms with Crippen molar-refractivity contribution in [2.45, 2.75) is 26.4 Å². The van der Waals surface area contributed by atoms with Crippen molar-refractivity contribution in [1.29, 1.82) is 0 Å². The van der Waals surface area contributed by atoms with Gasteiger partial charge in [0.1, 0.15) is 10.2 Å². The molecule has 19 heavy (non-hydrogen) atoms. The molecule has 0 unspecified atom stereocenters. The lowest BCUT2D eigenvalue weighted by molar-refractivity contribution is 0.0636. The average molecular weight is 326 g/mol. The van der Waals surface area contributed by atoms with E-state index in [0.29, 0.717) is 5.69 Å². The molecule has 1 aromatic heterocycles. The highest BCUT2D eigenvalue weighted by atomic mass is 79.9. The molecule has 102 valence electrons. The number of aromatic nitrogens is 2. The first kappa shape index (κ1) is 13.9. The molecule has 0 atom stereocenters. The summed E-state index contributed by atoms with van der Waals surface area (Å²) in [6.07, 6.45) is -0.465. The van der Waals surface area contributed by atoms with E-state index in [-0.39, 0.29) is 0 Å². The van der Waals surface area contributed by atoms with Gasteiger partial charge in [-0.05, 0) is 54.9 Å². The molecular weight excluding hydrogens is 310 g/mol. The van der Waals surface area contributed by atoms with Crippen LogP contribution in [-0.4, -0.2) is 21.5 Å². The van der Waals surface area contributed by atoms with E-state index in [1.807, 2.05) is 46.0 Å². The Balaban J connectivity index is 2.22. The second-order valence-electron chi connectivity index (χ2n) is 5.27. The van der Waals surface area contributed by atoms with Gasteiger partial charge in [0.05, 0.1) is 5.52 Å². The van der Waals surface area contributed by atoms with Crippen LogP contribution in [0.25, 0.3) is 10.9 Å². The average Bonchev–Trinajstić information content (AvgIpc) is 2.51. The van der Waals surface area contributed by atoms with E-state index < -0.39 is 11.7 Å². The van der Waals surface area contributed by atoms with Crippen LogP contribution in [0.1, 0.15) is 20.8 Å². The molecule has 0 radical (unpaired) electrons. The van der Waals surface area contributed by atoms with Gasteiger partial charge in [-0.1, -0.05) is 0 Å². The number of aryl methyl sites for hydroxylation is 1. The number of carbonyl (C=O) groups excluding carboxylic acids is 1. The Morgan fingerprint density at radius 1 is 1.42 bits per heavy atom. The zero-order valence-corrected chi connectivity index (χ0v) is 12.9. The molecule has 6 heteroatoms. The van der Waals surface area contributed by atoms with E-state index >= 15 is 0 Å². The van der Waals surface area contributed by atoms with Gasteiger partial charge in [0.2, 0.25) is 0 Å². The predicted molar refractivity (Wildman–Crippen MR) is 78.3 cm³/mol. The van der Waals surface area contributed by atoms with Gasteiger partial charge in [-0.25, -0.2) is 4.79 Å². The molecule has 2 rings (SSSR count). The second kappa shape index (κ2) is 4.85. The van der Waals surface area contributed by atoms with Crippen LogP contribution in [-0.2, 0) is 11.8 Å². The molecule has 1 N–H and O–H groups in total. The second-order valence-corrected chi connectivity index (χ2v) is 6.02. The number of anilines is 1. The summed E-state index contributed by atoms with van der Waals surface area (Å²) >= 11 is 3.39. The highest BCUT2D eigenvalue weighted by molar-refractivity contribution is 9.10. The Morgan fingerprint density at radius 3 is 2.74 bits per heavy atom. The summed E-state index contributed by atoms with van der Waals surface area (Å²) in [5, 5.41) is 7.97. The summed E-state index contributed by atoms with van der Waals surface area (Å²) in [6.45, 7) is 5.48. The molecule has 0 bridgehead atoms. The molecule has 0 aliphatic carbocycles. The quantitative estimate of drug-likeness (QED) is 0.870. The normalized spacial score (nSPS) is 11.6. The largest absolute Gasteiger partial charge is 0.444 e. The summed E-state index contributed by atoms with van der Waals surface area (Å²) in [5.41, 5.74) is 1.10. The standard InChI is InChI=1S/C13H16BrN3O2/c1-13(2,3)19-12(18)15-8-5-6-9-10(7-8)17(4)16-11(9)14/h5-7H,1-4H3,(H,15,18). The molecule has 0 aliphatic heterocycles. The zero-order valence-electron chi connectivity index (χ0n) is 11.3. The number of hydrogen-bond acceptors (Lipinski definition) is 3. The number of benzene rings is 1. The Labute approximate surface area is 120 Å². The molecule has 0 saturated heterocycles. The van der Waals surface area contributed by atoms with Gasteiger partial charge in [-0.15, -0.1) is 0 Å². The molecule has 0 aliphatic rings. The van der Waals surface area contributed by atoms with Crippen molar-refractivity contribution in [3.63, 3.8) is 0 Å². The van der Waals surface area contributed by atoms with Crippen LogP contribution in [0.4, 0.5) is 10.5 Å². The van der Waals surface area contributed by atoms with Crippen molar-refractivity contribution < 1.29 is 9.53 Å². The molecule has 5 nitrogen and oxygen atoms in total. The first-order valence-electron chi connectivity index (χ1n) is 5.88. The van der Waals surface area contributed by atoms with Gasteiger partial charge in [0.25, 0.3) is 0 Å². The first-order chi connectivity index (χ1) is 8.76. The Bertz CT molecular complexity index is 629. The number of halogens is 1. The molecule has 1 heterocycles. The highest BCUT2D eigenvalue weighted by Crippen LogP contribution is 2.25. The van der Waals surface area contributed by atoms with Crippen molar-refractivity contribution in [3.05, 3.63) is 22.8 Å². The molecule has 0 fully saturated rings. The summed E-state index contributed by atoms with van der Waals surface area (Å²) in [7, 11) is 1.85. The zero-order chi connectivity index (χ0) is 14.2. The summed E-state index contributed by atoms with van der Waals surface area (Å²) < 4.78 is 7.74. The summed E-state index contributed by atoms with van der Waals surface area (Å²) in [4.78, 5) is 11.7. The van der Waals surface area contributed by atoms with Crippen molar-refractivity contribution in [2.75, 3.05) is 5.32 Å². The van der Waals surface area contributed by atoms with Gasteiger partial charge < -0.3 is 4.74 Å². The maximum absolute atomic E-state index is 11.7. The number of ether oxygens (including phenoxy) is 1. The topological polar surface area (TPSA) is 56.2 Å². The molecule has 1 amide bonds. The minimum Gasteiger partial charge on any atom is -0.444 e. The molecule has 0 saturated carbocycles. The number of hydrogen-bond donors (Lipinski definition) is 1. The number of carbonyl (C=O) groups is 1. The fourth-order valence-electron chi connectivity index (χ4n) is 1.71. The maximum atomic E-state index is 11.7. The third-order valence-electron chi connectivity index (χ3n) is 2.45. The fourth-order valence-corrected chi connectivity index (χ4v) is 2.29. The van der Waals surface area contributed by atoms with Gasteiger partial charge in [0.15, 0.2) is 0 Å². The van der Waals surface area contributed by atoms with Crippen LogP contribution in [0.15, 0.2) is 22.8 Å². The number of rotatable bonds is 1.